The van der Waals surface area contributed by atoms with E-state index in [0.29, 0.717) is 11.5 Å². The average molecular weight is 311 g/mol. The number of hydrazone groups is 1. The molecular weight excluding hydrogens is 296 g/mol. The number of furan rings is 1. The van der Waals surface area contributed by atoms with Gasteiger partial charge in [-0.3, -0.25) is 4.79 Å². The van der Waals surface area contributed by atoms with Crippen molar-refractivity contribution >= 4 is 17.6 Å². The summed E-state index contributed by atoms with van der Waals surface area (Å²) in [6.07, 6.45) is 1.87. The van der Waals surface area contributed by atoms with Gasteiger partial charge in [0.15, 0.2) is 0 Å². The minimum absolute atomic E-state index is 0.0358. The first-order chi connectivity index (χ1) is 11.0. The number of nitrogens with one attached hydrogen (secondary N) is 1. The molecule has 1 heterocycles. The molecule has 0 bridgehead atoms. The van der Waals surface area contributed by atoms with Crippen molar-refractivity contribution in [3.63, 3.8) is 0 Å². The number of hydrogen-bond donors (Lipinski definition) is 1. The van der Waals surface area contributed by atoms with Crippen molar-refractivity contribution < 1.29 is 19.1 Å². The highest BCUT2D eigenvalue weighted by molar-refractivity contribution is 5.99. The van der Waals surface area contributed by atoms with Crippen molar-refractivity contribution in [1.29, 1.82) is 0 Å². The monoisotopic (exact) mass is 311 g/mol. The standard InChI is InChI=1S/C17H16N2O4/c1-10(18-19-16(20)13-6-7-13)11-2-4-12(5-3-11)14-8-9-15(23-14)17(21)22/h2-5,8-9,13H,6-7H2,1H3,(H,19,20)(H,21,22)/p-1/b18-10-. The Morgan fingerprint density at radius 1 is 1.17 bits per heavy atom. The molecule has 0 aliphatic heterocycles. The van der Waals surface area contributed by atoms with Crippen LogP contribution in [0.5, 0.6) is 0 Å². The second kappa shape index (κ2) is 6.08. The molecule has 0 unspecified atom stereocenters. The van der Waals surface area contributed by atoms with E-state index in [-0.39, 0.29) is 17.6 Å². The third-order valence-electron chi connectivity index (χ3n) is 3.68. The van der Waals surface area contributed by atoms with Crippen LogP contribution in [-0.2, 0) is 4.79 Å². The molecule has 1 fully saturated rings. The Balaban J connectivity index is 1.71. The van der Waals surface area contributed by atoms with Gasteiger partial charge in [0.2, 0.25) is 5.91 Å². The first-order valence-electron chi connectivity index (χ1n) is 7.31. The van der Waals surface area contributed by atoms with E-state index in [4.69, 9.17) is 4.42 Å². The van der Waals surface area contributed by atoms with Gasteiger partial charge >= 0.3 is 0 Å². The van der Waals surface area contributed by atoms with Crippen LogP contribution >= 0.6 is 0 Å². The lowest BCUT2D eigenvalue weighted by Crippen LogP contribution is -2.21. The van der Waals surface area contributed by atoms with Crippen molar-refractivity contribution in [2.75, 3.05) is 0 Å². The van der Waals surface area contributed by atoms with Gasteiger partial charge < -0.3 is 14.3 Å². The number of hydrogen-bond acceptors (Lipinski definition) is 5. The van der Waals surface area contributed by atoms with Crippen molar-refractivity contribution in [2.45, 2.75) is 19.8 Å². The number of aromatic carboxylic acids is 1. The van der Waals surface area contributed by atoms with Crippen LogP contribution in [0.15, 0.2) is 45.9 Å². The summed E-state index contributed by atoms with van der Waals surface area (Å²) >= 11 is 0. The molecule has 6 nitrogen and oxygen atoms in total. The Hall–Kier alpha value is -2.89. The molecule has 0 saturated heterocycles. The summed E-state index contributed by atoms with van der Waals surface area (Å²) in [7, 11) is 0. The topological polar surface area (TPSA) is 94.7 Å². The minimum atomic E-state index is -1.35. The number of carbonyl (C=O) groups excluding carboxylic acids is 2. The molecule has 6 heteroatoms. The van der Waals surface area contributed by atoms with Crippen LogP contribution in [0.2, 0.25) is 0 Å². The van der Waals surface area contributed by atoms with Gasteiger partial charge in [0, 0.05) is 11.5 Å². The number of rotatable bonds is 5. The van der Waals surface area contributed by atoms with E-state index < -0.39 is 5.97 Å². The van der Waals surface area contributed by atoms with Gasteiger partial charge in [-0.15, -0.1) is 0 Å². The van der Waals surface area contributed by atoms with E-state index >= 15 is 0 Å². The summed E-state index contributed by atoms with van der Waals surface area (Å²) in [5.74, 6) is -1.02. The number of amides is 1. The summed E-state index contributed by atoms with van der Waals surface area (Å²) in [6, 6.07) is 10.2. The normalized spacial score (nSPS) is 14.6. The molecule has 3 rings (SSSR count). The Bertz CT molecular complexity index is 770. The van der Waals surface area contributed by atoms with Crippen LogP contribution in [0.1, 0.15) is 35.9 Å². The zero-order valence-corrected chi connectivity index (χ0v) is 12.5. The van der Waals surface area contributed by atoms with Gasteiger partial charge in [0.25, 0.3) is 0 Å². The summed E-state index contributed by atoms with van der Waals surface area (Å²) in [5, 5.41) is 14.8. The Morgan fingerprint density at radius 3 is 2.43 bits per heavy atom. The molecule has 1 saturated carbocycles. The van der Waals surface area contributed by atoms with Crippen molar-refractivity contribution in [1.82, 2.24) is 5.43 Å². The zero-order chi connectivity index (χ0) is 16.4. The van der Waals surface area contributed by atoms with Crippen LogP contribution in [0.4, 0.5) is 0 Å². The third-order valence-corrected chi connectivity index (χ3v) is 3.68. The molecule has 1 aliphatic carbocycles. The highest BCUT2D eigenvalue weighted by Crippen LogP contribution is 2.28. The number of benzene rings is 1. The highest BCUT2D eigenvalue weighted by Gasteiger charge is 2.29. The molecule has 23 heavy (non-hydrogen) atoms. The Kier molecular flexibility index (Phi) is 3.97. The molecule has 0 spiro atoms. The molecule has 1 aromatic carbocycles. The molecule has 1 N–H and O–H groups in total. The summed E-state index contributed by atoms with van der Waals surface area (Å²) < 4.78 is 5.19. The zero-order valence-electron chi connectivity index (χ0n) is 12.5. The molecule has 1 aromatic heterocycles. The van der Waals surface area contributed by atoms with Gasteiger partial charge in [-0.1, -0.05) is 24.3 Å². The highest BCUT2D eigenvalue weighted by atomic mass is 16.4. The maximum atomic E-state index is 11.6. The van der Waals surface area contributed by atoms with E-state index in [1.807, 2.05) is 19.1 Å². The van der Waals surface area contributed by atoms with Gasteiger partial charge in [-0.05, 0) is 37.5 Å². The smallest absolute Gasteiger partial charge is 0.243 e. The summed E-state index contributed by atoms with van der Waals surface area (Å²) in [5.41, 5.74) is 4.86. The van der Waals surface area contributed by atoms with Crippen molar-refractivity contribution in [3.05, 3.63) is 47.7 Å². The molecule has 1 aliphatic rings. The number of carboxylic acids is 1. The lowest BCUT2D eigenvalue weighted by atomic mass is 10.1. The maximum absolute atomic E-state index is 11.6. The second-order valence-corrected chi connectivity index (χ2v) is 5.48. The molecule has 2 aromatic rings. The van der Waals surface area contributed by atoms with Gasteiger partial charge in [0.05, 0.1) is 5.71 Å². The molecule has 1 amide bonds. The fourth-order valence-electron chi connectivity index (χ4n) is 2.12. The van der Waals surface area contributed by atoms with E-state index in [0.717, 1.165) is 24.0 Å². The van der Waals surface area contributed by atoms with E-state index in [2.05, 4.69) is 10.5 Å². The largest absolute Gasteiger partial charge is 0.542 e. The van der Waals surface area contributed by atoms with E-state index in [1.54, 1.807) is 18.2 Å². The lowest BCUT2D eigenvalue weighted by molar-refractivity contribution is -0.257. The van der Waals surface area contributed by atoms with Gasteiger partial charge in [0.1, 0.15) is 17.5 Å². The molecule has 118 valence electrons. The number of carboxylic acid groups (broad SMARTS) is 1. The fourth-order valence-corrected chi connectivity index (χ4v) is 2.12. The van der Waals surface area contributed by atoms with Crippen molar-refractivity contribution in [2.24, 2.45) is 11.0 Å². The van der Waals surface area contributed by atoms with E-state index in [1.165, 1.54) is 6.07 Å². The molecule has 0 atom stereocenters. The van der Waals surface area contributed by atoms with Crippen LogP contribution in [0.3, 0.4) is 0 Å². The Morgan fingerprint density at radius 2 is 1.87 bits per heavy atom. The minimum Gasteiger partial charge on any atom is -0.542 e. The first-order valence-corrected chi connectivity index (χ1v) is 7.31. The SMILES string of the molecule is C/C(=N/NC(=O)C1CC1)c1ccc(-c2ccc(C(=O)[O-])o2)cc1. The predicted molar refractivity (Wildman–Crippen MR) is 81.6 cm³/mol. The summed E-state index contributed by atoms with van der Waals surface area (Å²) in [6.45, 7) is 1.81. The predicted octanol–water partition coefficient (Wildman–Crippen LogP) is 1.56. The lowest BCUT2D eigenvalue weighted by Gasteiger charge is -2.04. The van der Waals surface area contributed by atoms with Crippen LogP contribution < -0.4 is 10.5 Å². The molecular formula is C17H15N2O4-. The van der Waals surface area contributed by atoms with Crippen molar-refractivity contribution in [3.8, 4) is 11.3 Å². The first kappa shape index (κ1) is 15.0. The quantitative estimate of drug-likeness (QED) is 0.669. The third kappa shape index (κ3) is 3.48. The summed E-state index contributed by atoms with van der Waals surface area (Å²) in [4.78, 5) is 22.3. The number of carbonyl (C=O) groups is 2. The number of nitrogens with zero attached hydrogens (tertiary/aromatic N) is 1. The maximum Gasteiger partial charge on any atom is 0.243 e. The fraction of sp³-hybridized carbons (Fsp3) is 0.235. The molecule has 0 radical (unpaired) electrons. The van der Waals surface area contributed by atoms with Crippen LogP contribution in [-0.4, -0.2) is 17.6 Å². The average Bonchev–Trinajstić information content (AvgIpc) is 3.29. The Labute approximate surface area is 132 Å². The van der Waals surface area contributed by atoms with E-state index in [9.17, 15) is 14.7 Å². The second-order valence-electron chi connectivity index (χ2n) is 5.48. The van der Waals surface area contributed by atoms with Gasteiger partial charge in [-0.2, -0.15) is 5.10 Å². The van der Waals surface area contributed by atoms with Crippen LogP contribution in [0.25, 0.3) is 11.3 Å². The van der Waals surface area contributed by atoms with Gasteiger partial charge in [-0.25, -0.2) is 5.43 Å². The van der Waals surface area contributed by atoms with Crippen LogP contribution in [0, 0.1) is 5.92 Å².